The predicted molar refractivity (Wildman–Crippen MR) is 160 cm³/mol. The van der Waals surface area contributed by atoms with E-state index in [9.17, 15) is 20.2 Å². The lowest BCUT2D eigenvalue weighted by molar-refractivity contribution is -0.384. The van der Waals surface area contributed by atoms with Crippen molar-refractivity contribution in [1.29, 1.82) is 0 Å². The highest BCUT2D eigenvalue weighted by atomic mass is 127. The molecule has 0 aliphatic heterocycles. The van der Waals surface area contributed by atoms with Crippen LogP contribution in [0, 0.1) is 23.8 Å². The fraction of sp³-hybridized carbons (Fsp3) is 0. The molecule has 4 aromatic rings. The number of nitrogens with two attached hydrogens (primary N) is 2. The fourth-order valence-electron chi connectivity index (χ4n) is 2.84. The average molecular weight is 608 g/mol. The molecule has 9 heteroatoms. The van der Waals surface area contributed by atoms with Crippen molar-refractivity contribution >= 4 is 63.6 Å². The van der Waals surface area contributed by atoms with Gasteiger partial charge in [-0.2, -0.15) is 0 Å². The summed E-state index contributed by atoms with van der Waals surface area (Å²) in [5.74, 6) is 0. The molecule has 0 saturated heterocycles. The van der Waals surface area contributed by atoms with Crippen LogP contribution in [0.4, 0.5) is 22.7 Å². The molecule has 0 bridgehead atoms. The van der Waals surface area contributed by atoms with Crippen LogP contribution < -0.4 is 11.5 Å². The first-order valence-electron chi connectivity index (χ1n) is 10.8. The van der Waals surface area contributed by atoms with Gasteiger partial charge in [-0.05, 0) is 57.5 Å². The van der Waals surface area contributed by atoms with Crippen molar-refractivity contribution in [3.05, 3.63) is 144 Å². The zero-order valence-corrected chi connectivity index (χ0v) is 21.9. The van der Waals surface area contributed by atoms with Gasteiger partial charge in [-0.3, -0.25) is 20.2 Å². The zero-order chi connectivity index (χ0) is 27.2. The number of rotatable bonds is 5. The van der Waals surface area contributed by atoms with Crippen LogP contribution in [-0.2, 0) is 0 Å². The first-order chi connectivity index (χ1) is 17.7. The molecule has 0 aliphatic rings. The number of anilines is 2. The van der Waals surface area contributed by atoms with Gasteiger partial charge in [0.2, 0.25) is 0 Å². The maximum absolute atomic E-state index is 10.7. The lowest BCUT2D eigenvalue weighted by Gasteiger charge is -1.98. The molecule has 0 radical (unpaired) electrons. The topological polar surface area (TPSA) is 138 Å². The van der Waals surface area contributed by atoms with Crippen molar-refractivity contribution in [2.24, 2.45) is 0 Å². The van der Waals surface area contributed by atoms with E-state index in [1.54, 1.807) is 18.2 Å². The van der Waals surface area contributed by atoms with Crippen LogP contribution in [0.3, 0.4) is 0 Å². The Morgan fingerprint density at radius 2 is 1.11 bits per heavy atom. The van der Waals surface area contributed by atoms with Crippen LogP contribution in [0.5, 0.6) is 0 Å². The summed E-state index contributed by atoms with van der Waals surface area (Å²) < 4.78 is 0.809. The molecule has 0 unspecified atom stereocenters. The Kier molecular flexibility index (Phi) is 11.5. The van der Waals surface area contributed by atoms with Crippen LogP contribution in [-0.4, -0.2) is 9.85 Å². The second-order valence-corrected chi connectivity index (χ2v) is 8.64. The Morgan fingerprint density at radius 1 is 0.649 bits per heavy atom. The molecule has 0 spiro atoms. The molecular weight excluding hydrogens is 583 g/mol. The molecule has 0 fully saturated rings. The summed E-state index contributed by atoms with van der Waals surface area (Å²) in [6, 6.07) is 29.2. The van der Waals surface area contributed by atoms with Crippen LogP contribution >= 0.6 is 22.6 Å². The minimum atomic E-state index is -0.489. The molecule has 0 aromatic heterocycles. The van der Waals surface area contributed by atoms with Gasteiger partial charge < -0.3 is 11.5 Å². The summed E-state index contributed by atoms with van der Waals surface area (Å²) in [4.78, 5) is 20.1. The van der Waals surface area contributed by atoms with Gasteiger partial charge in [0.05, 0.1) is 9.85 Å². The third kappa shape index (κ3) is 9.94. The molecular formula is C28H25IN4O4. The highest BCUT2D eigenvalue weighted by molar-refractivity contribution is 14.1. The summed E-state index contributed by atoms with van der Waals surface area (Å²) in [5, 5.41) is 21.0. The number of nitrogen functional groups attached to an aromatic ring is 2. The van der Waals surface area contributed by atoms with E-state index in [1.165, 1.54) is 23.8 Å². The van der Waals surface area contributed by atoms with Crippen LogP contribution in [0.1, 0.15) is 16.7 Å². The van der Waals surface area contributed by atoms with E-state index in [-0.39, 0.29) is 22.7 Å². The average Bonchev–Trinajstić information content (AvgIpc) is 2.91. The molecule has 4 rings (SSSR count). The number of hydrogen-bond acceptors (Lipinski definition) is 6. The van der Waals surface area contributed by atoms with Gasteiger partial charge in [0.1, 0.15) is 11.4 Å². The van der Waals surface area contributed by atoms with E-state index in [1.807, 2.05) is 101 Å². The number of nitro groups is 2. The SMILES string of the molecule is C=Cc1ccccc1.Nc1ccc(/C=C/c2ccccc2)cc1[N+](=O)[O-].Nc1ccc(I)cc1[N+](=O)[O-]. The lowest BCUT2D eigenvalue weighted by atomic mass is 10.1. The molecule has 0 amide bonds. The van der Waals surface area contributed by atoms with Crippen molar-refractivity contribution in [2.45, 2.75) is 0 Å². The quantitative estimate of drug-likeness (QED) is 0.0793. The molecule has 4 N–H and O–H groups in total. The number of nitro benzene ring substituents is 2. The minimum Gasteiger partial charge on any atom is -0.393 e. The van der Waals surface area contributed by atoms with Gasteiger partial charge in [-0.15, -0.1) is 0 Å². The van der Waals surface area contributed by atoms with Crippen LogP contribution in [0.15, 0.2) is 104 Å². The summed E-state index contributed by atoms with van der Waals surface area (Å²) in [6.07, 6.45) is 5.55. The van der Waals surface area contributed by atoms with Gasteiger partial charge in [0.25, 0.3) is 11.4 Å². The summed E-state index contributed by atoms with van der Waals surface area (Å²) in [6.45, 7) is 3.63. The van der Waals surface area contributed by atoms with E-state index in [0.29, 0.717) is 0 Å². The summed E-state index contributed by atoms with van der Waals surface area (Å²) in [7, 11) is 0. The largest absolute Gasteiger partial charge is 0.393 e. The molecule has 0 heterocycles. The molecule has 0 atom stereocenters. The number of hydrogen-bond donors (Lipinski definition) is 2. The molecule has 8 nitrogen and oxygen atoms in total. The van der Waals surface area contributed by atoms with E-state index in [4.69, 9.17) is 11.5 Å². The third-order valence-electron chi connectivity index (χ3n) is 4.74. The minimum absolute atomic E-state index is 0.0306. The Bertz CT molecular complexity index is 1380. The van der Waals surface area contributed by atoms with Gasteiger partial charge in [0, 0.05) is 15.7 Å². The van der Waals surface area contributed by atoms with Crippen molar-refractivity contribution in [1.82, 2.24) is 0 Å². The lowest BCUT2D eigenvalue weighted by Crippen LogP contribution is -1.95. The molecule has 188 valence electrons. The standard InChI is InChI=1S/C14H12N2O2.C8H8.C6H5IN2O2/c15-13-9-8-12(10-14(13)16(17)18)7-6-11-4-2-1-3-5-11;1-2-8-6-4-3-5-7-8;7-4-1-2-5(8)6(3-4)9(10)11/h1-10H,15H2;2-7H,1H2;1-3H,8H2/b7-6+;;. The Balaban J connectivity index is 0.000000215. The second kappa shape index (κ2) is 14.8. The molecule has 0 aliphatic carbocycles. The number of halogens is 1. The van der Waals surface area contributed by atoms with Gasteiger partial charge in [-0.25, -0.2) is 0 Å². The van der Waals surface area contributed by atoms with Crippen molar-refractivity contribution < 1.29 is 9.85 Å². The third-order valence-corrected chi connectivity index (χ3v) is 5.41. The Morgan fingerprint density at radius 3 is 1.57 bits per heavy atom. The Labute approximate surface area is 228 Å². The normalized spacial score (nSPS) is 9.86. The van der Waals surface area contributed by atoms with Crippen LogP contribution in [0.25, 0.3) is 18.2 Å². The van der Waals surface area contributed by atoms with Gasteiger partial charge >= 0.3 is 0 Å². The maximum atomic E-state index is 10.7. The highest BCUT2D eigenvalue weighted by Gasteiger charge is 2.11. The van der Waals surface area contributed by atoms with E-state index >= 15 is 0 Å². The van der Waals surface area contributed by atoms with Gasteiger partial charge in [-0.1, -0.05) is 91.5 Å². The smallest absolute Gasteiger partial charge is 0.293 e. The molecule has 37 heavy (non-hydrogen) atoms. The first-order valence-corrected chi connectivity index (χ1v) is 11.9. The number of nitrogens with zero attached hydrogens (tertiary/aromatic N) is 2. The van der Waals surface area contributed by atoms with Gasteiger partial charge in [0.15, 0.2) is 0 Å². The Hall–Kier alpha value is -4.51. The molecule has 0 saturated carbocycles. The highest BCUT2D eigenvalue weighted by Crippen LogP contribution is 2.24. The summed E-state index contributed by atoms with van der Waals surface area (Å²) in [5.41, 5.74) is 14.1. The fourth-order valence-corrected chi connectivity index (χ4v) is 3.32. The predicted octanol–water partition coefficient (Wildman–Crippen LogP) is 7.46. The zero-order valence-electron chi connectivity index (χ0n) is 19.7. The van der Waals surface area contributed by atoms with Crippen LogP contribution in [0.2, 0.25) is 0 Å². The molecule has 4 aromatic carbocycles. The number of benzene rings is 4. The summed E-state index contributed by atoms with van der Waals surface area (Å²) >= 11 is 2.00. The van der Waals surface area contributed by atoms with Crippen molar-refractivity contribution in [2.75, 3.05) is 11.5 Å². The maximum Gasteiger partial charge on any atom is 0.293 e. The van der Waals surface area contributed by atoms with E-state index in [2.05, 4.69) is 6.58 Å². The second-order valence-electron chi connectivity index (χ2n) is 7.39. The van der Waals surface area contributed by atoms with Crippen molar-refractivity contribution in [3.63, 3.8) is 0 Å². The van der Waals surface area contributed by atoms with Crippen molar-refractivity contribution in [3.8, 4) is 0 Å². The monoisotopic (exact) mass is 608 g/mol. The van der Waals surface area contributed by atoms with E-state index < -0.39 is 9.85 Å². The van der Waals surface area contributed by atoms with E-state index in [0.717, 1.165) is 14.7 Å². The first kappa shape index (κ1) is 28.7.